The van der Waals surface area contributed by atoms with E-state index in [-0.39, 0.29) is 5.92 Å². The Kier molecular flexibility index (Phi) is 12.3. The van der Waals surface area contributed by atoms with Crippen LogP contribution in [0.25, 0.3) is 0 Å². The van der Waals surface area contributed by atoms with Gasteiger partial charge in [-0.2, -0.15) is 0 Å². The summed E-state index contributed by atoms with van der Waals surface area (Å²) >= 11 is 0. The summed E-state index contributed by atoms with van der Waals surface area (Å²) in [7, 11) is 0. The van der Waals surface area contributed by atoms with Gasteiger partial charge in [-0.15, -0.1) is 0 Å². The van der Waals surface area contributed by atoms with E-state index in [1.54, 1.807) is 19.9 Å². The van der Waals surface area contributed by atoms with Crippen LogP contribution in [0.2, 0.25) is 0 Å². The third kappa shape index (κ3) is 11.2. The molecule has 0 rings (SSSR count). The van der Waals surface area contributed by atoms with Crippen LogP contribution in [0, 0.1) is 5.92 Å². The summed E-state index contributed by atoms with van der Waals surface area (Å²) in [6.45, 7) is 5.67. The van der Waals surface area contributed by atoms with E-state index in [4.69, 9.17) is 9.84 Å². The Morgan fingerprint density at radius 3 is 2.23 bits per heavy atom. The Hall–Kier alpha value is -1.52. The number of carboxylic acids is 1. The molecular weight excluding hydrogens is 282 g/mol. The Labute approximate surface area is 134 Å². The van der Waals surface area contributed by atoms with Crippen molar-refractivity contribution in [1.82, 2.24) is 5.32 Å². The van der Waals surface area contributed by atoms with Gasteiger partial charge in [0.2, 0.25) is 0 Å². The number of aliphatic carboxylic acids is 1. The quantitative estimate of drug-likeness (QED) is 0.411. The fourth-order valence-electron chi connectivity index (χ4n) is 2.07. The van der Waals surface area contributed by atoms with Gasteiger partial charge in [-0.05, 0) is 24.8 Å². The van der Waals surface area contributed by atoms with Gasteiger partial charge in [-0.25, -0.2) is 9.59 Å². The van der Waals surface area contributed by atoms with Gasteiger partial charge in [0.25, 0.3) is 0 Å². The highest BCUT2D eigenvalue weighted by Crippen LogP contribution is 2.08. The molecule has 0 aromatic heterocycles. The van der Waals surface area contributed by atoms with Gasteiger partial charge in [0.1, 0.15) is 6.04 Å². The number of carboxylic acid groups (broad SMARTS) is 1. The summed E-state index contributed by atoms with van der Waals surface area (Å²) in [4.78, 5) is 22.4. The van der Waals surface area contributed by atoms with Crippen molar-refractivity contribution in [2.45, 2.75) is 78.2 Å². The minimum Gasteiger partial charge on any atom is -0.480 e. The van der Waals surface area contributed by atoms with Crippen molar-refractivity contribution in [1.29, 1.82) is 0 Å². The molecule has 2 N–H and O–H groups in total. The lowest BCUT2D eigenvalue weighted by Crippen LogP contribution is -2.44. The van der Waals surface area contributed by atoms with E-state index in [0.29, 0.717) is 0 Å². The second-order valence-electron chi connectivity index (χ2n) is 5.89. The van der Waals surface area contributed by atoms with Gasteiger partial charge in [0.05, 0.1) is 6.26 Å². The van der Waals surface area contributed by atoms with Crippen LogP contribution >= 0.6 is 0 Å². The fraction of sp³-hybridized carbons (Fsp3) is 0.765. The Bertz CT molecular complexity index is 340. The smallest absolute Gasteiger partial charge is 0.412 e. The summed E-state index contributed by atoms with van der Waals surface area (Å²) < 4.78 is 4.84. The predicted molar refractivity (Wildman–Crippen MR) is 87.6 cm³/mol. The first-order valence-electron chi connectivity index (χ1n) is 8.34. The summed E-state index contributed by atoms with van der Waals surface area (Å²) in [6.07, 6.45) is 12.0. The lowest BCUT2D eigenvalue weighted by Gasteiger charge is -2.16. The first-order chi connectivity index (χ1) is 10.5. The Morgan fingerprint density at radius 1 is 1.09 bits per heavy atom. The molecule has 128 valence electrons. The highest BCUT2D eigenvalue weighted by atomic mass is 16.5. The number of hydrogen-bond acceptors (Lipinski definition) is 3. The molecule has 0 saturated heterocycles. The standard InChI is InChI=1S/C17H31NO4/c1-4-5-6-7-8-9-10-11-12-13-22-17(21)18-15(14(2)3)16(19)20/h12-15H,4-11H2,1-3H3,(H,18,21)(H,19,20)/t15-/m0/s1. The molecule has 0 radical (unpaired) electrons. The van der Waals surface area contributed by atoms with Crippen LogP contribution in [-0.2, 0) is 9.53 Å². The maximum atomic E-state index is 11.5. The van der Waals surface area contributed by atoms with Crippen molar-refractivity contribution < 1.29 is 19.4 Å². The van der Waals surface area contributed by atoms with Crippen LogP contribution in [0.4, 0.5) is 4.79 Å². The third-order valence-electron chi connectivity index (χ3n) is 3.45. The summed E-state index contributed by atoms with van der Waals surface area (Å²) in [5.74, 6) is -1.25. The van der Waals surface area contributed by atoms with Gasteiger partial charge < -0.3 is 15.2 Å². The molecule has 0 heterocycles. The highest BCUT2D eigenvalue weighted by molar-refractivity contribution is 5.80. The molecule has 5 nitrogen and oxygen atoms in total. The van der Waals surface area contributed by atoms with Crippen molar-refractivity contribution >= 4 is 12.1 Å². The zero-order valence-electron chi connectivity index (χ0n) is 14.1. The van der Waals surface area contributed by atoms with Crippen LogP contribution in [0.5, 0.6) is 0 Å². The molecule has 0 aliphatic carbocycles. The second kappa shape index (κ2) is 13.2. The number of carbonyl (C=O) groups is 2. The van der Waals surface area contributed by atoms with Crippen molar-refractivity contribution in [2.24, 2.45) is 5.92 Å². The number of carbonyl (C=O) groups excluding carboxylic acids is 1. The summed E-state index contributed by atoms with van der Waals surface area (Å²) in [5.41, 5.74) is 0. The first kappa shape index (κ1) is 20.5. The van der Waals surface area contributed by atoms with Crippen LogP contribution in [0.3, 0.4) is 0 Å². The van der Waals surface area contributed by atoms with Crippen molar-refractivity contribution in [3.05, 3.63) is 12.3 Å². The van der Waals surface area contributed by atoms with Crippen molar-refractivity contribution in [2.75, 3.05) is 0 Å². The minimum atomic E-state index is -1.06. The predicted octanol–water partition coefficient (Wildman–Crippen LogP) is 4.48. The number of rotatable bonds is 12. The van der Waals surface area contributed by atoms with E-state index in [1.165, 1.54) is 44.8 Å². The molecule has 0 aromatic rings. The molecule has 0 aromatic carbocycles. The van der Waals surface area contributed by atoms with E-state index >= 15 is 0 Å². The summed E-state index contributed by atoms with van der Waals surface area (Å²) in [5, 5.41) is 11.3. The number of alkyl carbamates (subject to hydrolysis) is 1. The molecule has 1 atom stereocenters. The number of hydrogen-bond donors (Lipinski definition) is 2. The second-order valence-corrected chi connectivity index (χ2v) is 5.89. The largest absolute Gasteiger partial charge is 0.480 e. The number of amides is 1. The van der Waals surface area contributed by atoms with Crippen LogP contribution in [0.1, 0.15) is 72.1 Å². The van der Waals surface area contributed by atoms with Gasteiger partial charge in [0.15, 0.2) is 0 Å². The summed E-state index contributed by atoms with van der Waals surface area (Å²) in [6, 6.07) is -0.927. The van der Waals surface area contributed by atoms with Crippen molar-refractivity contribution in [3.63, 3.8) is 0 Å². The number of ether oxygens (including phenoxy) is 1. The van der Waals surface area contributed by atoms with E-state index < -0.39 is 18.1 Å². The molecule has 0 spiro atoms. The maximum absolute atomic E-state index is 11.5. The fourth-order valence-corrected chi connectivity index (χ4v) is 2.07. The number of allylic oxidation sites excluding steroid dienone is 1. The van der Waals surface area contributed by atoms with E-state index in [0.717, 1.165) is 12.8 Å². The van der Waals surface area contributed by atoms with Gasteiger partial charge in [0, 0.05) is 0 Å². The van der Waals surface area contributed by atoms with Crippen LogP contribution in [-0.4, -0.2) is 23.2 Å². The van der Waals surface area contributed by atoms with Crippen LogP contribution in [0.15, 0.2) is 12.3 Å². The molecule has 0 saturated carbocycles. The van der Waals surface area contributed by atoms with Crippen molar-refractivity contribution in [3.8, 4) is 0 Å². The SMILES string of the molecule is CCCCCCCCCC=COC(=O)N[C@H](C(=O)O)C(C)C. The number of nitrogens with one attached hydrogen (secondary N) is 1. The molecular formula is C17H31NO4. The van der Waals surface area contributed by atoms with E-state index in [2.05, 4.69) is 12.2 Å². The first-order valence-corrected chi connectivity index (χ1v) is 8.34. The average Bonchev–Trinajstić information content (AvgIpc) is 2.46. The molecule has 0 unspecified atom stereocenters. The zero-order valence-corrected chi connectivity index (χ0v) is 14.1. The zero-order chi connectivity index (χ0) is 16.8. The van der Waals surface area contributed by atoms with Gasteiger partial charge in [-0.3, -0.25) is 0 Å². The molecule has 1 amide bonds. The molecule has 5 heteroatoms. The van der Waals surface area contributed by atoms with E-state index in [9.17, 15) is 9.59 Å². The monoisotopic (exact) mass is 313 g/mol. The molecule has 0 aliphatic heterocycles. The number of unbranched alkanes of at least 4 members (excludes halogenated alkanes) is 7. The molecule has 0 aliphatic rings. The van der Waals surface area contributed by atoms with E-state index in [1.807, 2.05) is 0 Å². The normalized spacial score (nSPS) is 12.5. The Balaban J connectivity index is 3.67. The maximum Gasteiger partial charge on any atom is 0.412 e. The molecule has 0 fully saturated rings. The molecule has 22 heavy (non-hydrogen) atoms. The molecule has 0 bridgehead atoms. The topological polar surface area (TPSA) is 75.6 Å². The van der Waals surface area contributed by atoms with Crippen LogP contribution < -0.4 is 5.32 Å². The van der Waals surface area contributed by atoms with Gasteiger partial charge >= 0.3 is 12.1 Å². The lowest BCUT2D eigenvalue weighted by molar-refractivity contribution is -0.140. The Morgan fingerprint density at radius 2 is 1.68 bits per heavy atom. The highest BCUT2D eigenvalue weighted by Gasteiger charge is 2.23. The lowest BCUT2D eigenvalue weighted by atomic mass is 10.1. The van der Waals surface area contributed by atoms with Gasteiger partial charge in [-0.1, -0.05) is 59.3 Å². The third-order valence-corrected chi connectivity index (χ3v) is 3.45. The average molecular weight is 313 g/mol. The minimum absolute atomic E-state index is 0.193.